The Morgan fingerprint density at radius 2 is 1.71 bits per heavy atom. The lowest BCUT2D eigenvalue weighted by Gasteiger charge is -2.33. The predicted molar refractivity (Wildman–Crippen MR) is 76.1 cm³/mol. The summed E-state index contributed by atoms with van der Waals surface area (Å²) in [5.41, 5.74) is 0.00574. The van der Waals surface area contributed by atoms with Gasteiger partial charge in [-0.2, -0.15) is 26.3 Å². The number of hydrogen-bond donors (Lipinski definition) is 1. The predicted octanol–water partition coefficient (Wildman–Crippen LogP) is 2.11. The van der Waals surface area contributed by atoms with Gasteiger partial charge in [0, 0.05) is 17.4 Å². The second-order valence-corrected chi connectivity index (χ2v) is 7.21. The third kappa shape index (κ3) is 3.36. The van der Waals surface area contributed by atoms with E-state index in [4.69, 9.17) is 9.47 Å². The van der Waals surface area contributed by atoms with E-state index in [-0.39, 0.29) is 12.0 Å². The topological polar surface area (TPSA) is 82.1 Å². The number of ether oxygens (including phenoxy) is 3. The average molecular weight is 418 g/mol. The molecule has 6 nitrogen and oxygen atoms in total. The van der Waals surface area contributed by atoms with E-state index in [0.29, 0.717) is 0 Å². The minimum atomic E-state index is -5.86. The van der Waals surface area contributed by atoms with Crippen LogP contribution in [0, 0.1) is 23.7 Å². The lowest BCUT2D eigenvalue weighted by molar-refractivity contribution is -0.315. The minimum absolute atomic E-state index is 0.00574. The van der Waals surface area contributed by atoms with Gasteiger partial charge in [0.25, 0.3) is 6.10 Å². The summed E-state index contributed by atoms with van der Waals surface area (Å²) in [4.78, 5) is 24.1. The zero-order chi connectivity index (χ0) is 21.2. The van der Waals surface area contributed by atoms with Crippen LogP contribution in [0.25, 0.3) is 0 Å². The van der Waals surface area contributed by atoms with Crippen molar-refractivity contribution in [2.75, 3.05) is 0 Å². The van der Waals surface area contributed by atoms with Crippen LogP contribution in [0.15, 0.2) is 12.2 Å². The van der Waals surface area contributed by atoms with E-state index >= 15 is 0 Å². The Balaban J connectivity index is 1.84. The van der Waals surface area contributed by atoms with Gasteiger partial charge in [0.1, 0.15) is 12.2 Å². The van der Waals surface area contributed by atoms with Crippen molar-refractivity contribution in [3.8, 4) is 0 Å². The monoisotopic (exact) mass is 418 g/mol. The molecule has 1 heterocycles. The van der Waals surface area contributed by atoms with Gasteiger partial charge >= 0.3 is 24.3 Å². The zero-order valence-electron chi connectivity index (χ0n) is 14.3. The van der Waals surface area contributed by atoms with Crippen molar-refractivity contribution in [3.05, 3.63) is 12.2 Å². The van der Waals surface area contributed by atoms with Crippen LogP contribution < -0.4 is 0 Å². The quantitative estimate of drug-likeness (QED) is 0.428. The van der Waals surface area contributed by atoms with Crippen molar-refractivity contribution in [2.45, 2.75) is 50.3 Å². The van der Waals surface area contributed by atoms with E-state index in [2.05, 4.69) is 11.3 Å². The highest BCUT2D eigenvalue weighted by Gasteiger charge is 2.70. The van der Waals surface area contributed by atoms with Crippen molar-refractivity contribution in [2.24, 2.45) is 23.7 Å². The molecule has 0 amide bonds. The second-order valence-electron chi connectivity index (χ2n) is 7.21. The van der Waals surface area contributed by atoms with Crippen LogP contribution in [0.2, 0.25) is 0 Å². The molecule has 0 aromatic carbocycles. The summed E-state index contributed by atoms with van der Waals surface area (Å²) in [7, 11) is 0. The van der Waals surface area contributed by atoms with Crippen molar-refractivity contribution in [1.82, 2.24) is 0 Å². The highest BCUT2D eigenvalue weighted by molar-refractivity contribution is 5.87. The number of carbonyl (C=O) groups excluding carboxylic acids is 2. The number of fused-ring (bicyclic) bond motifs is 1. The Labute approximate surface area is 154 Å². The number of alkyl halides is 6. The SMILES string of the molecule is C=C(C)C(=O)OC1C2CC3C1OC(O)C3C2C(=O)OC(C(F)(F)F)C(F)(F)F. The van der Waals surface area contributed by atoms with Gasteiger partial charge in [-0.05, 0) is 19.3 Å². The van der Waals surface area contributed by atoms with E-state index in [1.807, 2.05) is 0 Å². The number of rotatable bonds is 4. The molecule has 2 bridgehead atoms. The number of aliphatic hydroxyl groups excluding tert-OH is 1. The minimum Gasteiger partial charge on any atom is -0.456 e. The van der Waals surface area contributed by atoms with E-state index < -0.39 is 72.6 Å². The van der Waals surface area contributed by atoms with Crippen LogP contribution in [-0.4, -0.2) is 54.0 Å². The van der Waals surface area contributed by atoms with Crippen molar-refractivity contribution >= 4 is 11.9 Å². The van der Waals surface area contributed by atoms with E-state index in [9.17, 15) is 41.0 Å². The fourth-order valence-electron chi connectivity index (χ4n) is 4.39. The van der Waals surface area contributed by atoms with E-state index in [1.165, 1.54) is 6.92 Å². The first kappa shape index (κ1) is 20.9. The van der Waals surface area contributed by atoms with Crippen molar-refractivity contribution < 1.29 is 55.2 Å². The maximum Gasteiger partial charge on any atom is 0.434 e. The first-order valence-corrected chi connectivity index (χ1v) is 8.27. The Bertz CT molecular complexity index is 674. The molecule has 1 N–H and O–H groups in total. The summed E-state index contributed by atoms with van der Waals surface area (Å²) in [6, 6.07) is 0. The van der Waals surface area contributed by atoms with Crippen LogP contribution in [0.1, 0.15) is 13.3 Å². The van der Waals surface area contributed by atoms with Crippen LogP contribution >= 0.6 is 0 Å². The maximum atomic E-state index is 12.7. The van der Waals surface area contributed by atoms with Gasteiger partial charge in [-0.25, -0.2) is 4.79 Å². The Kier molecular flexibility index (Phi) is 4.94. The fraction of sp³-hybridized carbons (Fsp3) is 0.750. The highest BCUT2D eigenvalue weighted by Crippen LogP contribution is 2.60. The van der Waals surface area contributed by atoms with Crippen molar-refractivity contribution in [3.63, 3.8) is 0 Å². The molecule has 7 atom stereocenters. The lowest BCUT2D eigenvalue weighted by atomic mass is 9.78. The number of hydrogen-bond acceptors (Lipinski definition) is 6. The molecule has 0 spiro atoms. The Hall–Kier alpha value is -1.82. The van der Waals surface area contributed by atoms with Crippen LogP contribution in [-0.2, 0) is 23.8 Å². The molecule has 28 heavy (non-hydrogen) atoms. The summed E-state index contributed by atoms with van der Waals surface area (Å²) in [6.45, 7) is 4.72. The molecule has 3 fully saturated rings. The molecule has 0 radical (unpaired) electrons. The lowest BCUT2D eigenvalue weighted by Crippen LogP contribution is -2.49. The normalized spacial score (nSPS) is 36.7. The third-order valence-electron chi connectivity index (χ3n) is 5.40. The van der Waals surface area contributed by atoms with Gasteiger partial charge in [0.05, 0.1) is 5.92 Å². The number of carbonyl (C=O) groups is 2. The summed E-state index contributed by atoms with van der Waals surface area (Å²) >= 11 is 0. The molecular formula is C16H16F6O6. The standard InChI is InChI=1S/C16H16F6O6/c1-4(2)11(23)26-9-6-3-5-7(12(24)27-10(5)9)8(6)13(25)28-14(15(17,18)19)16(20,21)22/h5-10,12,14,24H,1,3H2,2H3. The Morgan fingerprint density at radius 1 is 1.14 bits per heavy atom. The summed E-state index contributed by atoms with van der Waals surface area (Å²) in [6.07, 6.45) is -19.4. The molecule has 3 aliphatic rings. The fourth-order valence-corrected chi connectivity index (χ4v) is 4.39. The molecule has 1 aliphatic heterocycles. The first-order chi connectivity index (χ1) is 12.7. The van der Waals surface area contributed by atoms with Gasteiger partial charge in [-0.3, -0.25) is 4.79 Å². The van der Waals surface area contributed by atoms with Crippen LogP contribution in [0.4, 0.5) is 26.3 Å². The number of aliphatic hydroxyl groups is 1. The summed E-state index contributed by atoms with van der Waals surface area (Å²) in [5, 5.41) is 10.00. The number of halogens is 6. The highest BCUT2D eigenvalue weighted by atomic mass is 19.4. The second kappa shape index (κ2) is 6.61. The summed E-state index contributed by atoms with van der Waals surface area (Å²) < 4.78 is 90.4. The molecule has 3 rings (SSSR count). The molecule has 158 valence electrons. The van der Waals surface area contributed by atoms with Crippen molar-refractivity contribution in [1.29, 1.82) is 0 Å². The van der Waals surface area contributed by atoms with E-state index in [0.717, 1.165) is 0 Å². The zero-order valence-corrected chi connectivity index (χ0v) is 14.3. The van der Waals surface area contributed by atoms with Gasteiger partial charge in [-0.15, -0.1) is 0 Å². The third-order valence-corrected chi connectivity index (χ3v) is 5.40. The molecule has 2 aliphatic carbocycles. The smallest absolute Gasteiger partial charge is 0.434 e. The molecular weight excluding hydrogens is 402 g/mol. The molecule has 7 unspecified atom stereocenters. The van der Waals surface area contributed by atoms with Gasteiger partial charge < -0.3 is 19.3 Å². The van der Waals surface area contributed by atoms with E-state index in [1.54, 1.807) is 0 Å². The summed E-state index contributed by atoms with van der Waals surface area (Å²) in [5.74, 6) is -6.68. The average Bonchev–Trinajstić information content (AvgIpc) is 3.13. The van der Waals surface area contributed by atoms with Gasteiger partial charge in [0.2, 0.25) is 0 Å². The van der Waals surface area contributed by atoms with Crippen LogP contribution in [0.5, 0.6) is 0 Å². The largest absolute Gasteiger partial charge is 0.456 e. The number of esters is 2. The molecule has 0 aromatic heterocycles. The van der Waals surface area contributed by atoms with Gasteiger partial charge in [0.15, 0.2) is 6.29 Å². The molecule has 0 aromatic rings. The molecule has 12 heteroatoms. The molecule has 1 saturated heterocycles. The van der Waals surface area contributed by atoms with Gasteiger partial charge in [-0.1, -0.05) is 6.58 Å². The van der Waals surface area contributed by atoms with Crippen LogP contribution in [0.3, 0.4) is 0 Å². The molecule has 2 saturated carbocycles. The maximum absolute atomic E-state index is 12.7. The first-order valence-electron chi connectivity index (χ1n) is 8.27. The Morgan fingerprint density at radius 3 is 2.21 bits per heavy atom.